The van der Waals surface area contributed by atoms with E-state index in [1.165, 1.54) is 0 Å². The Hall–Kier alpha value is -2.96. The molecule has 0 aromatic carbocycles. The van der Waals surface area contributed by atoms with E-state index in [-0.39, 0.29) is 0 Å². The van der Waals surface area contributed by atoms with Gasteiger partial charge >= 0.3 is 0 Å². The van der Waals surface area contributed by atoms with E-state index in [1.54, 1.807) is 0 Å². The molecule has 6 nitrogen and oxygen atoms in total. The van der Waals surface area contributed by atoms with Gasteiger partial charge in [0, 0.05) is 12.8 Å². The molecular formula is C22H24N2O4. The summed E-state index contributed by atoms with van der Waals surface area (Å²) in [5.41, 5.74) is 11.1. The molecular weight excluding hydrogens is 356 g/mol. The van der Waals surface area contributed by atoms with Crippen LogP contribution in [0.25, 0.3) is 34.6 Å². The molecule has 4 rings (SSSR count). The second-order valence-electron chi connectivity index (χ2n) is 6.64. The molecule has 28 heavy (non-hydrogen) atoms. The number of nitrogens with two attached hydrogens (primary N) is 2. The molecule has 0 fully saturated rings. The normalized spacial score (nSPS) is 11.4. The summed E-state index contributed by atoms with van der Waals surface area (Å²) >= 11 is 0. The van der Waals surface area contributed by atoms with Crippen LogP contribution in [0.15, 0.2) is 66.2 Å². The van der Waals surface area contributed by atoms with E-state index >= 15 is 0 Å². The van der Waals surface area contributed by atoms with Gasteiger partial charge in [-0.25, -0.2) is 0 Å². The molecule has 0 radical (unpaired) electrons. The molecule has 0 atom stereocenters. The Morgan fingerprint density at radius 2 is 0.786 bits per heavy atom. The van der Waals surface area contributed by atoms with Crippen molar-refractivity contribution in [2.45, 2.75) is 25.7 Å². The Labute approximate surface area is 163 Å². The summed E-state index contributed by atoms with van der Waals surface area (Å²) < 4.78 is 23.5. The van der Waals surface area contributed by atoms with E-state index in [0.29, 0.717) is 47.7 Å². The van der Waals surface area contributed by atoms with E-state index in [9.17, 15) is 0 Å². The molecule has 4 heterocycles. The van der Waals surface area contributed by atoms with Gasteiger partial charge in [0.2, 0.25) is 0 Å². The lowest BCUT2D eigenvalue weighted by Gasteiger charge is -1.95. The number of hydrogen-bond acceptors (Lipinski definition) is 6. The highest BCUT2D eigenvalue weighted by Crippen LogP contribution is 2.33. The smallest absolute Gasteiger partial charge is 0.170 e. The highest BCUT2D eigenvalue weighted by Gasteiger charge is 2.15. The standard InChI is InChI=1S/C22H24N2O4/c23-13-1-3-15-5-7-17(25-15)19-9-11-21(27-19)22-12-10-20(28-22)18-8-6-16(26-18)4-2-14-24/h5-12H,1-4,13-14,23-24H2. The minimum atomic E-state index is 0.635. The second kappa shape index (κ2) is 8.37. The first-order valence-electron chi connectivity index (χ1n) is 9.55. The van der Waals surface area contributed by atoms with Crippen LogP contribution in [0.4, 0.5) is 0 Å². The SMILES string of the molecule is NCCCc1ccc(-c2ccc(-c3ccc(-c4ccc(CCCN)o4)o3)o2)o1. The van der Waals surface area contributed by atoms with Gasteiger partial charge in [0.25, 0.3) is 0 Å². The van der Waals surface area contributed by atoms with Crippen LogP contribution in [0.3, 0.4) is 0 Å². The van der Waals surface area contributed by atoms with Gasteiger partial charge in [-0.05, 0) is 74.5 Å². The van der Waals surface area contributed by atoms with Crippen LogP contribution in [0, 0.1) is 0 Å². The average molecular weight is 380 g/mol. The van der Waals surface area contributed by atoms with Crippen molar-refractivity contribution in [3.8, 4) is 34.6 Å². The summed E-state index contributed by atoms with van der Waals surface area (Å²) in [4.78, 5) is 0. The molecule has 0 aliphatic heterocycles. The van der Waals surface area contributed by atoms with Crippen molar-refractivity contribution >= 4 is 0 Å². The molecule has 4 N–H and O–H groups in total. The maximum Gasteiger partial charge on any atom is 0.170 e. The second-order valence-corrected chi connectivity index (χ2v) is 6.64. The number of hydrogen-bond donors (Lipinski definition) is 2. The number of rotatable bonds is 9. The van der Waals surface area contributed by atoms with Crippen LogP contribution >= 0.6 is 0 Å². The Balaban J connectivity index is 1.49. The van der Waals surface area contributed by atoms with Crippen molar-refractivity contribution in [1.82, 2.24) is 0 Å². The van der Waals surface area contributed by atoms with Gasteiger partial charge in [-0.15, -0.1) is 0 Å². The fourth-order valence-electron chi connectivity index (χ4n) is 3.05. The molecule has 146 valence electrons. The quantitative estimate of drug-likeness (QED) is 0.430. The van der Waals surface area contributed by atoms with Gasteiger partial charge in [0.15, 0.2) is 34.6 Å². The zero-order valence-electron chi connectivity index (χ0n) is 15.6. The third-order valence-corrected chi connectivity index (χ3v) is 4.52. The maximum absolute atomic E-state index is 5.92. The van der Waals surface area contributed by atoms with Gasteiger partial charge in [-0.3, -0.25) is 0 Å². The molecule has 0 aliphatic rings. The van der Waals surface area contributed by atoms with Crippen molar-refractivity contribution in [1.29, 1.82) is 0 Å². The molecule has 4 aromatic heterocycles. The highest BCUT2D eigenvalue weighted by molar-refractivity contribution is 5.62. The van der Waals surface area contributed by atoms with Crippen molar-refractivity contribution in [3.05, 3.63) is 60.1 Å². The minimum Gasteiger partial charge on any atom is -0.458 e. The monoisotopic (exact) mass is 380 g/mol. The van der Waals surface area contributed by atoms with Crippen LogP contribution in [0.2, 0.25) is 0 Å². The van der Waals surface area contributed by atoms with Gasteiger partial charge < -0.3 is 29.1 Å². The van der Waals surface area contributed by atoms with Crippen molar-refractivity contribution in [3.63, 3.8) is 0 Å². The first-order chi connectivity index (χ1) is 13.8. The summed E-state index contributed by atoms with van der Waals surface area (Å²) in [6.45, 7) is 1.29. The van der Waals surface area contributed by atoms with Gasteiger partial charge in [0.1, 0.15) is 11.5 Å². The summed E-state index contributed by atoms with van der Waals surface area (Å²) in [5, 5.41) is 0. The Morgan fingerprint density at radius 3 is 1.14 bits per heavy atom. The molecule has 0 saturated heterocycles. The van der Waals surface area contributed by atoms with E-state index in [1.807, 2.05) is 48.5 Å². The lowest BCUT2D eigenvalue weighted by atomic mass is 10.2. The van der Waals surface area contributed by atoms with E-state index < -0.39 is 0 Å². The van der Waals surface area contributed by atoms with Crippen LogP contribution < -0.4 is 11.5 Å². The van der Waals surface area contributed by atoms with E-state index in [2.05, 4.69) is 0 Å². The van der Waals surface area contributed by atoms with Crippen LogP contribution in [-0.4, -0.2) is 13.1 Å². The molecule has 0 spiro atoms. The van der Waals surface area contributed by atoms with E-state index in [4.69, 9.17) is 29.1 Å². The third kappa shape index (κ3) is 3.98. The molecule has 6 heteroatoms. The molecule has 4 aromatic rings. The van der Waals surface area contributed by atoms with Gasteiger partial charge in [-0.1, -0.05) is 0 Å². The molecule has 0 bridgehead atoms. The maximum atomic E-state index is 5.92. The summed E-state index contributed by atoms with van der Waals surface area (Å²) in [5.74, 6) is 5.79. The predicted octanol–water partition coefficient (Wildman–Crippen LogP) is 4.84. The summed E-state index contributed by atoms with van der Waals surface area (Å²) in [7, 11) is 0. The predicted molar refractivity (Wildman–Crippen MR) is 107 cm³/mol. The number of aryl methyl sites for hydroxylation is 2. The van der Waals surface area contributed by atoms with Crippen molar-refractivity contribution in [2.75, 3.05) is 13.1 Å². The minimum absolute atomic E-state index is 0.635. The van der Waals surface area contributed by atoms with Crippen LogP contribution in [0.5, 0.6) is 0 Å². The fraction of sp³-hybridized carbons (Fsp3) is 0.273. The Bertz CT molecular complexity index is 938. The molecule has 0 aliphatic carbocycles. The third-order valence-electron chi connectivity index (χ3n) is 4.52. The first-order valence-corrected chi connectivity index (χ1v) is 9.55. The van der Waals surface area contributed by atoms with E-state index in [0.717, 1.165) is 37.2 Å². The molecule has 0 unspecified atom stereocenters. The molecule has 0 saturated carbocycles. The van der Waals surface area contributed by atoms with Crippen LogP contribution in [-0.2, 0) is 12.8 Å². The van der Waals surface area contributed by atoms with Gasteiger partial charge in [-0.2, -0.15) is 0 Å². The topological polar surface area (TPSA) is 105 Å². The summed E-state index contributed by atoms with van der Waals surface area (Å²) in [6.07, 6.45) is 3.43. The molecule has 0 amide bonds. The lowest BCUT2D eigenvalue weighted by molar-refractivity contribution is 0.476. The lowest BCUT2D eigenvalue weighted by Crippen LogP contribution is -1.99. The Kier molecular flexibility index (Phi) is 5.50. The fourth-order valence-corrected chi connectivity index (χ4v) is 3.05. The zero-order chi connectivity index (χ0) is 19.3. The average Bonchev–Trinajstić information content (AvgIpc) is 3.49. The van der Waals surface area contributed by atoms with Crippen LogP contribution in [0.1, 0.15) is 24.4 Å². The zero-order valence-corrected chi connectivity index (χ0v) is 15.6. The summed E-state index contributed by atoms with van der Waals surface area (Å²) in [6, 6.07) is 15.2. The highest BCUT2D eigenvalue weighted by atomic mass is 16.4. The van der Waals surface area contributed by atoms with Gasteiger partial charge in [0.05, 0.1) is 0 Å². The Morgan fingerprint density at radius 1 is 0.464 bits per heavy atom. The largest absolute Gasteiger partial charge is 0.458 e. The van der Waals surface area contributed by atoms with Crippen molar-refractivity contribution < 1.29 is 17.7 Å². The van der Waals surface area contributed by atoms with Crippen molar-refractivity contribution in [2.24, 2.45) is 11.5 Å². The number of furan rings is 4. The first kappa shape index (κ1) is 18.4.